The van der Waals surface area contributed by atoms with Crippen LogP contribution in [0.25, 0.3) is 11.3 Å². The predicted octanol–water partition coefficient (Wildman–Crippen LogP) is 3.09. The maximum Gasteiger partial charge on any atom is 0.275 e. The van der Waals surface area contributed by atoms with Gasteiger partial charge in [0, 0.05) is 16.6 Å². The Morgan fingerprint density at radius 3 is 2.80 bits per heavy atom. The number of nitrogens with zero attached hydrogens (tertiary/aromatic N) is 2. The molecular weight excluding hydrogens is 272 g/mol. The van der Waals surface area contributed by atoms with E-state index in [1.807, 2.05) is 37.3 Å². The van der Waals surface area contributed by atoms with Crippen LogP contribution in [0.5, 0.6) is 0 Å². The van der Waals surface area contributed by atoms with E-state index in [4.69, 9.17) is 0 Å². The first-order chi connectivity index (χ1) is 9.72. The molecule has 2 N–H and O–H groups in total. The van der Waals surface area contributed by atoms with Gasteiger partial charge in [0.1, 0.15) is 5.69 Å². The zero-order valence-corrected chi connectivity index (χ0v) is 11.6. The molecule has 0 bridgehead atoms. The van der Waals surface area contributed by atoms with E-state index in [0.29, 0.717) is 10.8 Å². The number of anilines is 1. The Bertz CT molecular complexity index is 732. The second kappa shape index (κ2) is 5.26. The number of benzene rings is 1. The molecule has 2 heterocycles. The number of carbonyl (C=O) groups excluding carboxylic acids is 1. The Kier molecular flexibility index (Phi) is 3.30. The van der Waals surface area contributed by atoms with Crippen molar-refractivity contribution in [2.24, 2.45) is 0 Å². The van der Waals surface area contributed by atoms with E-state index < -0.39 is 0 Å². The fourth-order valence-corrected chi connectivity index (χ4v) is 2.43. The molecule has 0 radical (unpaired) electrons. The zero-order chi connectivity index (χ0) is 13.9. The summed E-state index contributed by atoms with van der Waals surface area (Å²) in [7, 11) is 0. The molecule has 1 amide bonds. The SMILES string of the molecule is Cc1cnc(NC(=O)c2cc(-c3ccccc3)n[nH]2)s1. The van der Waals surface area contributed by atoms with Gasteiger partial charge in [-0.25, -0.2) is 4.98 Å². The second-order valence-corrected chi connectivity index (χ2v) is 5.50. The molecule has 0 aliphatic carbocycles. The van der Waals surface area contributed by atoms with E-state index in [1.165, 1.54) is 11.3 Å². The van der Waals surface area contributed by atoms with Gasteiger partial charge in [-0.15, -0.1) is 11.3 Å². The Balaban J connectivity index is 1.78. The summed E-state index contributed by atoms with van der Waals surface area (Å²) in [5.41, 5.74) is 2.12. The van der Waals surface area contributed by atoms with Gasteiger partial charge < -0.3 is 0 Å². The summed E-state index contributed by atoms with van der Waals surface area (Å²) in [6.07, 6.45) is 1.72. The van der Waals surface area contributed by atoms with Crippen molar-refractivity contribution in [3.8, 4) is 11.3 Å². The molecule has 1 aromatic carbocycles. The lowest BCUT2D eigenvalue weighted by atomic mass is 10.1. The van der Waals surface area contributed by atoms with Crippen LogP contribution in [0.1, 0.15) is 15.4 Å². The first kappa shape index (κ1) is 12.6. The second-order valence-electron chi connectivity index (χ2n) is 4.26. The highest BCUT2D eigenvalue weighted by molar-refractivity contribution is 7.15. The molecule has 2 aromatic heterocycles. The Morgan fingerprint density at radius 1 is 1.30 bits per heavy atom. The first-order valence-corrected chi connectivity index (χ1v) is 6.88. The van der Waals surface area contributed by atoms with Crippen LogP contribution in [0.2, 0.25) is 0 Å². The zero-order valence-electron chi connectivity index (χ0n) is 10.8. The Morgan fingerprint density at radius 2 is 2.10 bits per heavy atom. The van der Waals surface area contributed by atoms with Gasteiger partial charge in [0.15, 0.2) is 5.13 Å². The van der Waals surface area contributed by atoms with Gasteiger partial charge >= 0.3 is 0 Å². The number of nitrogens with one attached hydrogen (secondary N) is 2. The number of aryl methyl sites for hydroxylation is 1. The molecule has 0 unspecified atom stereocenters. The molecule has 0 atom stereocenters. The standard InChI is InChI=1S/C14H12N4OS/c1-9-8-15-14(20-9)16-13(19)12-7-11(17-18-12)10-5-3-2-4-6-10/h2-8H,1H3,(H,17,18)(H,15,16,19). The average molecular weight is 284 g/mol. The van der Waals surface area contributed by atoms with Gasteiger partial charge in [0.2, 0.25) is 0 Å². The van der Waals surface area contributed by atoms with Crippen LogP contribution in [-0.2, 0) is 0 Å². The number of thiazole rings is 1. The molecule has 0 saturated heterocycles. The lowest BCUT2D eigenvalue weighted by molar-refractivity contribution is 0.102. The number of amides is 1. The molecule has 0 aliphatic rings. The fraction of sp³-hybridized carbons (Fsp3) is 0.0714. The molecule has 6 heteroatoms. The quantitative estimate of drug-likeness (QED) is 0.776. The highest BCUT2D eigenvalue weighted by Gasteiger charge is 2.12. The molecule has 0 spiro atoms. The van der Waals surface area contributed by atoms with Gasteiger partial charge in [-0.05, 0) is 13.0 Å². The minimum absolute atomic E-state index is 0.242. The predicted molar refractivity (Wildman–Crippen MR) is 78.8 cm³/mol. The fourth-order valence-electron chi connectivity index (χ4n) is 1.77. The number of hydrogen-bond acceptors (Lipinski definition) is 4. The van der Waals surface area contributed by atoms with Crippen molar-refractivity contribution in [2.75, 3.05) is 5.32 Å². The van der Waals surface area contributed by atoms with Crippen LogP contribution in [0.15, 0.2) is 42.6 Å². The van der Waals surface area contributed by atoms with Crippen LogP contribution in [0.4, 0.5) is 5.13 Å². The average Bonchev–Trinajstić information content (AvgIpc) is 3.09. The normalized spacial score (nSPS) is 10.4. The lowest BCUT2D eigenvalue weighted by Crippen LogP contribution is -2.11. The molecular formula is C14H12N4OS. The molecule has 0 fully saturated rings. The lowest BCUT2D eigenvalue weighted by Gasteiger charge is -1.97. The van der Waals surface area contributed by atoms with Gasteiger partial charge in [0.25, 0.3) is 5.91 Å². The minimum atomic E-state index is -0.242. The maximum atomic E-state index is 12.1. The number of aromatic nitrogens is 3. The van der Waals surface area contributed by atoms with E-state index >= 15 is 0 Å². The number of aromatic amines is 1. The van der Waals surface area contributed by atoms with Crippen LogP contribution < -0.4 is 5.32 Å². The summed E-state index contributed by atoms with van der Waals surface area (Å²) >= 11 is 1.44. The molecule has 3 aromatic rings. The van der Waals surface area contributed by atoms with Crippen molar-refractivity contribution < 1.29 is 4.79 Å². The van der Waals surface area contributed by atoms with Gasteiger partial charge in [-0.3, -0.25) is 15.2 Å². The van der Waals surface area contributed by atoms with E-state index in [-0.39, 0.29) is 5.91 Å². The summed E-state index contributed by atoms with van der Waals surface area (Å²) in [6.45, 7) is 1.94. The van der Waals surface area contributed by atoms with Crippen molar-refractivity contribution in [3.05, 3.63) is 53.2 Å². The Labute approximate surface area is 119 Å². The van der Waals surface area contributed by atoms with Gasteiger partial charge in [0.05, 0.1) is 5.69 Å². The third kappa shape index (κ3) is 2.60. The minimum Gasteiger partial charge on any atom is -0.297 e. The number of H-pyrrole nitrogens is 1. The van der Waals surface area contributed by atoms with Crippen molar-refractivity contribution in [3.63, 3.8) is 0 Å². The highest BCUT2D eigenvalue weighted by Crippen LogP contribution is 2.19. The third-order valence-electron chi connectivity index (χ3n) is 2.73. The van der Waals surface area contributed by atoms with E-state index in [1.54, 1.807) is 12.3 Å². The topological polar surface area (TPSA) is 70.7 Å². The Hall–Kier alpha value is -2.47. The number of carbonyl (C=O) groups is 1. The first-order valence-electron chi connectivity index (χ1n) is 6.07. The van der Waals surface area contributed by atoms with Crippen LogP contribution in [-0.4, -0.2) is 21.1 Å². The molecule has 100 valence electrons. The van der Waals surface area contributed by atoms with Gasteiger partial charge in [-0.2, -0.15) is 5.10 Å². The molecule has 20 heavy (non-hydrogen) atoms. The number of hydrogen-bond donors (Lipinski definition) is 2. The van der Waals surface area contributed by atoms with Crippen LogP contribution in [0, 0.1) is 6.92 Å². The maximum absolute atomic E-state index is 12.1. The smallest absolute Gasteiger partial charge is 0.275 e. The van der Waals surface area contributed by atoms with Crippen molar-refractivity contribution in [2.45, 2.75) is 6.92 Å². The summed E-state index contributed by atoms with van der Waals surface area (Å²) < 4.78 is 0. The van der Waals surface area contributed by atoms with E-state index in [2.05, 4.69) is 20.5 Å². The van der Waals surface area contributed by atoms with Crippen molar-refractivity contribution in [1.82, 2.24) is 15.2 Å². The molecule has 5 nitrogen and oxygen atoms in total. The molecule has 0 aliphatic heterocycles. The summed E-state index contributed by atoms with van der Waals surface area (Å²) in [6, 6.07) is 11.4. The molecule has 0 saturated carbocycles. The van der Waals surface area contributed by atoms with Crippen molar-refractivity contribution in [1.29, 1.82) is 0 Å². The molecule has 3 rings (SSSR count). The van der Waals surface area contributed by atoms with Crippen LogP contribution >= 0.6 is 11.3 Å². The largest absolute Gasteiger partial charge is 0.297 e. The van der Waals surface area contributed by atoms with Crippen LogP contribution in [0.3, 0.4) is 0 Å². The third-order valence-corrected chi connectivity index (χ3v) is 3.56. The summed E-state index contributed by atoms with van der Waals surface area (Å²) in [4.78, 5) is 17.2. The van der Waals surface area contributed by atoms with E-state index in [0.717, 1.165) is 16.1 Å². The van der Waals surface area contributed by atoms with Crippen molar-refractivity contribution >= 4 is 22.4 Å². The van der Waals surface area contributed by atoms with Gasteiger partial charge in [-0.1, -0.05) is 30.3 Å². The highest BCUT2D eigenvalue weighted by atomic mass is 32.1. The summed E-state index contributed by atoms with van der Waals surface area (Å²) in [5.74, 6) is -0.242. The number of rotatable bonds is 3. The van der Waals surface area contributed by atoms with E-state index in [9.17, 15) is 4.79 Å². The summed E-state index contributed by atoms with van der Waals surface area (Å²) in [5, 5.41) is 10.2. The monoisotopic (exact) mass is 284 g/mol.